The number of anilines is 2. The quantitative estimate of drug-likeness (QED) is 0.555. The highest BCUT2D eigenvalue weighted by molar-refractivity contribution is 14.1. The van der Waals surface area contributed by atoms with Crippen molar-refractivity contribution in [3.8, 4) is 5.75 Å². The summed E-state index contributed by atoms with van der Waals surface area (Å²) in [5.41, 5.74) is 7.46. The Morgan fingerprint density at radius 2 is 2.05 bits per heavy atom. The van der Waals surface area contributed by atoms with Crippen LogP contribution in [0.1, 0.15) is 10.4 Å². The van der Waals surface area contributed by atoms with Crippen LogP contribution in [0.2, 0.25) is 0 Å². The van der Waals surface area contributed by atoms with Gasteiger partial charge < -0.3 is 15.8 Å². The molecule has 0 saturated carbocycles. The number of carbonyl (C=O) groups excluding carboxylic acids is 1. The van der Waals surface area contributed by atoms with Gasteiger partial charge in [-0.15, -0.1) is 0 Å². The molecule has 0 aliphatic carbocycles. The fraction of sp³-hybridized carbons (Fsp3) is 0.0714. The normalized spacial score (nSPS) is 10.2. The predicted octanol–water partition coefficient (Wildman–Crippen LogP) is 3.90. The second-order valence-corrected chi connectivity index (χ2v) is 6.11. The summed E-state index contributed by atoms with van der Waals surface area (Å²) >= 11 is 5.48. The molecule has 6 heteroatoms. The average molecular weight is 447 g/mol. The van der Waals surface area contributed by atoms with Crippen LogP contribution in [0.3, 0.4) is 0 Å². The van der Waals surface area contributed by atoms with E-state index in [1.807, 2.05) is 12.1 Å². The van der Waals surface area contributed by atoms with Crippen LogP contribution in [-0.2, 0) is 0 Å². The minimum Gasteiger partial charge on any atom is -0.497 e. The first-order valence-electron chi connectivity index (χ1n) is 5.71. The highest BCUT2D eigenvalue weighted by Crippen LogP contribution is 2.26. The second-order valence-electron chi connectivity index (χ2n) is 4.03. The third-order valence-corrected chi connectivity index (χ3v) is 4.12. The maximum absolute atomic E-state index is 12.3. The Morgan fingerprint density at radius 1 is 1.30 bits per heavy atom. The first-order chi connectivity index (χ1) is 9.51. The summed E-state index contributed by atoms with van der Waals surface area (Å²) in [6, 6.07) is 10.7. The fourth-order valence-electron chi connectivity index (χ4n) is 1.63. The number of ether oxygens (including phenoxy) is 1. The number of amides is 1. The van der Waals surface area contributed by atoms with Gasteiger partial charge >= 0.3 is 0 Å². The molecule has 0 aliphatic rings. The molecule has 1 amide bonds. The molecule has 0 bridgehead atoms. The van der Waals surface area contributed by atoms with E-state index < -0.39 is 0 Å². The molecule has 2 aromatic carbocycles. The highest BCUT2D eigenvalue weighted by Gasteiger charge is 2.12. The number of benzene rings is 2. The molecule has 0 heterocycles. The van der Waals surface area contributed by atoms with Crippen LogP contribution in [0.15, 0.2) is 40.9 Å². The Hall–Kier alpha value is -1.28. The summed E-state index contributed by atoms with van der Waals surface area (Å²) in [6.07, 6.45) is 0. The van der Waals surface area contributed by atoms with Crippen LogP contribution in [0.5, 0.6) is 5.75 Å². The van der Waals surface area contributed by atoms with E-state index in [2.05, 4.69) is 43.8 Å². The number of halogens is 2. The van der Waals surface area contributed by atoms with Crippen molar-refractivity contribution in [1.29, 1.82) is 0 Å². The lowest BCUT2D eigenvalue weighted by molar-refractivity contribution is 0.102. The van der Waals surface area contributed by atoms with Gasteiger partial charge in [0.2, 0.25) is 0 Å². The highest BCUT2D eigenvalue weighted by atomic mass is 127. The number of hydrogen-bond acceptors (Lipinski definition) is 3. The fourth-order valence-corrected chi connectivity index (χ4v) is 2.57. The predicted molar refractivity (Wildman–Crippen MR) is 92.2 cm³/mol. The van der Waals surface area contributed by atoms with Crippen LogP contribution in [0.25, 0.3) is 0 Å². The van der Waals surface area contributed by atoms with Gasteiger partial charge in [-0.2, -0.15) is 0 Å². The zero-order chi connectivity index (χ0) is 14.7. The van der Waals surface area contributed by atoms with Gasteiger partial charge in [0.05, 0.1) is 24.0 Å². The maximum Gasteiger partial charge on any atom is 0.256 e. The first-order valence-corrected chi connectivity index (χ1v) is 7.58. The lowest BCUT2D eigenvalue weighted by Crippen LogP contribution is -2.14. The molecule has 3 N–H and O–H groups in total. The Balaban J connectivity index is 2.30. The van der Waals surface area contributed by atoms with Gasteiger partial charge in [-0.3, -0.25) is 4.79 Å². The van der Waals surface area contributed by atoms with E-state index in [-0.39, 0.29) is 5.91 Å². The third-order valence-electron chi connectivity index (χ3n) is 2.68. The molecule has 0 aromatic heterocycles. The van der Waals surface area contributed by atoms with Crippen LogP contribution >= 0.6 is 38.5 Å². The molecule has 0 radical (unpaired) electrons. The van der Waals surface area contributed by atoms with E-state index >= 15 is 0 Å². The zero-order valence-electron chi connectivity index (χ0n) is 10.6. The minimum absolute atomic E-state index is 0.212. The number of methoxy groups -OCH3 is 1. The molecule has 2 rings (SSSR count). The number of hydrogen-bond donors (Lipinski definition) is 2. The maximum atomic E-state index is 12.3. The van der Waals surface area contributed by atoms with E-state index in [0.717, 1.165) is 8.04 Å². The molecule has 0 fully saturated rings. The summed E-state index contributed by atoms with van der Waals surface area (Å²) in [4.78, 5) is 12.3. The molecule has 0 aliphatic heterocycles. The van der Waals surface area contributed by atoms with Crippen molar-refractivity contribution in [3.05, 3.63) is 50.0 Å². The summed E-state index contributed by atoms with van der Waals surface area (Å²) < 4.78 is 6.84. The van der Waals surface area contributed by atoms with Crippen molar-refractivity contribution < 1.29 is 9.53 Å². The third kappa shape index (κ3) is 3.43. The van der Waals surface area contributed by atoms with Crippen molar-refractivity contribution in [3.63, 3.8) is 0 Å². The summed E-state index contributed by atoms with van der Waals surface area (Å²) in [5, 5.41) is 2.80. The molecular formula is C14H12BrIN2O2. The van der Waals surface area contributed by atoms with Crippen LogP contribution in [0, 0.1) is 3.57 Å². The largest absolute Gasteiger partial charge is 0.497 e. The molecule has 2 aromatic rings. The topological polar surface area (TPSA) is 64.3 Å². The summed E-state index contributed by atoms with van der Waals surface area (Å²) in [5.74, 6) is 0.425. The Morgan fingerprint density at radius 3 is 2.75 bits per heavy atom. The standard InChI is InChI=1S/C14H12BrIN2O2/c1-20-9-3-5-12(17)13(7-9)18-14(19)10-6-8(15)2-4-11(10)16/h2-7H,17H2,1H3,(H,18,19). The number of carbonyl (C=O) groups is 1. The van der Waals surface area contributed by atoms with Gasteiger partial charge in [-0.1, -0.05) is 15.9 Å². The van der Waals surface area contributed by atoms with Gasteiger partial charge in [-0.05, 0) is 52.9 Å². The molecule has 0 unspecified atom stereocenters. The van der Waals surface area contributed by atoms with Gasteiger partial charge in [0.25, 0.3) is 5.91 Å². The van der Waals surface area contributed by atoms with Crippen molar-refractivity contribution in [1.82, 2.24) is 0 Å². The van der Waals surface area contributed by atoms with Crippen molar-refractivity contribution >= 4 is 55.8 Å². The van der Waals surface area contributed by atoms with Gasteiger partial charge in [0.1, 0.15) is 5.75 Å². The number of nitrogen functional groups attached to an aromatic ring is 1. The van der Waals surface area contributed by atoms with E-state index in [9.17, 15) is 4.79 Å². The second kappa shape index (κ2) is 6.45. The molecule has 0 spiro atoms. The Bertz CT molecular complexity index is 662. The van der Waals surface area contributed by atoms with Crippen molar-refractivity contribution in [2.75, 3.05) is 18.2 Å². The summed E-state index contributed by atoms with van der Waals surface area (Å²) in [7, 11) is 1.56. The van der Waals surface area contributed by atoms with Crippen LogP contribution in [-0.4, -0.2) is 13.0 Å². The molecular weight excluding hydrogens is 435 g/mol. The lowest BCUT2D eigenvalue weighted by Gasteiger charge is -2.11. The van der Waals surface area contributed by atoms with E-state index in [1.165, 1.54) is 0 Å². The van der Waals surface area contributed by atoms with E-state index in [1.54, 1.807) is 31.4 Å². The van der Waals surface area contributed by atoms with Crippen molar-refractivity contribution in [2.24, 2.45) is 0 Å². The zero-order valence-corrected chi connectivity index (χ0v) is 14.4. The summed E-state index contributed by atoms with van der Waals surface area (Å²) in [6.45, 7) is 0. The van der Waals surface area contributed by atoms with Gasteiger partial charge in [-0.25, -0.2) is 0 Å². The monoisotopic (exact) mass is 446 g/mol. The van der Waals surface area contributed by atoms with Gasteiger partial charge in [0.15, 0.2) is 0 Å². The van der Waals surface area contributed by atoms with Gasteiger partial charge in [0, 0.05) is 14.1 Å². The average Bonchev–Trinajstić information content (AvgIpc) is 2.43. The minimum atomic E-state index is -0.212. The number of nitrogens with two attached hydrogens (primary N) is 1. The lowest BCUT2D eigenvalue weighted by atomic mass is 10.2. The van der Waals surface area contributed by atoms with Crippen LogP contribution < -0.4 is 15.8 Å². The van der Waals surface area contributed by atoms with Crippen molar-refractivity contribution in [2.45, 2.75) is 0 Å². The molecule has 4 nitrogen and oxygen atoms in total. The van der Waals surface area contributed by atoms with E-state index in [4.69, 9.17) is 10.5 Å². The SMILES string of the molecule is COc1ccc(N)c(NC(=O)c2cc(Br)ccc2I)c1. The van der Waals surface area contributed by atoms with Crippen LogP contribution in [0.4, 0.5) is 11.4 Å². The smallest absolute Gasteiger partial charge is 0.256 e. The number of nitrogens with one attached hydrogen (secondary N) is 1. The first kappa shape index (κ1) is 15.1. The number of rotatable bonds is 3. The Labute approximate surface area is 139 Å². The van der Waals surface area contributed by atoms with E-state index in [0.29, 0.717) is 22.7 Å². The molecule has 20 heavy (non-hydrogen) atoms. The molecule has 104 valence electrons. The molecule has 0 atom stereocenters. The Kier molecular flexibility index (Phi) is 4.87. The molecule has 0 saturated heterocycles.